The van der Waals surface area contributed by atoms with Crippen LogP contribution in [-0.4, -0.2) is 16.5 Å². The van der Waals surface area contributed by atoms with Gasteiger partial charge in [0.25, 0.3) is 0 Å². The van der Waals surface area contributed by atoms with Gasteiger partial charge < -0.3 is 4.74 Å². The molecule has 0 aromatic heterocycles. The van der Waals surface area contributed by atoms with Crippen LogP contribution in [0.15, 0.2) is 0 Å². The van der Waals surface area contributed by atoms with Gasteiger partial charge in [-0.25, -0.2) is 0 Å². The van der Waals surface area contributed by atoms with E-state index in [0.717, 1.165) is 0 Å². The highest BCUT2D eigenvalue weighted by Gasteiger charge is 2.62. The first kappa shape index (κ1) is 6.66. The van der Waals surface area contributed by atoms with Crippen LogP contribution >= 0.6 is 23.2 Å². The molecule has 0 N–H and O–H groups in total. The standard InChI is InChI=1S/C5H8Cl2O/c1-4(2)5(7,3-6)8-4/h3H2,1-2H3. The number of rotatable bonds is 1. The van der Waals surface area contributed by atoms with Gasteiger partial charge in [0.15, 0.2) is 5.06 Å². The summed E-state index contributed by atoms with van der Waals surface area (Å²) >= 11 is 11.2. The van der Waals surface area contributed by atoms with E-state index in [0.29, 0.717) is 5.88 Å². The van der Waals surface area contributed by atoms with E-state index in [1.807, 2.05) is 13.8 Å². The van der Waals surface area contributed by atoms with Gasteiger partial charge >= 0.3 is 0 Å². The fourth-order valence-electron chi connectivity index (χ4n) is 0.567. The summed E-state index contributed by atoms with van der Waals surface area (Å²) in [7, 11) is 0. The van der Waals surface area contributed by atoms with Gasteiger partial charge in [-0.2, -0.15) is 0 Å². The van der Waals surface area contributed by atoms with E-state index in [1.54, 1.807) is 0 Å². The van der Waals surface area contributed by atoms with E-state index in [1.165, 1.54) is 0 Å². The molecule has 1 heterocycles. The van der Waals surface area contributed by atoms with Crippen LogP contribution in [0.5, 0.6) is 0 Å². The number of ether oxygens (including phenoxy) is 1. The minimum atomic E-state index is -0.575. The van der Waals surface area contributed by atoms with Gasteiger partial charge in [-0.1, -0.05) is 11.6 Å². The Bertz CT molecular complexity index is 113. The Morgan fingerprint density at radius 1 is 1.50 bits per heavy atom. The molecule has 0 saturated carbocycles. The number of epoxide rings is 1. The van der Waals surface area contributed by atoms with Crippen LogP contribution in [0.25, 0.3) is 0 Å². The Morgan fingerprint density at radius 2 is 1.88 bits per heavy atom. The topological polar surface area (TPSA) is 12.5 Å². The molecule has 1 atom stereocenters. The lowest BCUT2D eigenvalue weighted by atomic mass is 10.1. The molecule has 1 saturated heterocycles. The lowest BCUT2D eigenvalue weighted by molar-refractivity contribution is 0.319. The smallest absolute Gasteiger partial charge is 0.184 e. The molecule has 8 heavy (non-hydrogen) atoms. The number of hydrogen-bond donors (Lipinski definition) is 0. The summed E-state index contributed by atoms with van der Waals surface area (Å²) in [5.74, 6) is 0.363. The van der Waals surface area contributed by atoms with Gasteiger partial charge in [-0.05, 0) is 13.8 Å². The Hall–Kier alpha value is 0.540. The minimum Gasteiger partial charge on any atom is -0.345 e. The Balaban J connectivity index is 2.55. The third kappa shape index (κ3) is 0.734. The summed E-state index contributed by atoms with van der Waals surface area (Å²) in [6.07, 6.45) is 0. The molecule has 1 nitrogen and oxygen atoms in total. The quantitative estimate of drug-likeness (QED) is 0.416. The van der Waals surface area contributed by atoms with Crippen molar-refractivity contribution in [2.24, 2.45) is 0 Å². The highest BCUT2D eigenvalue weighted by Crippen LogP contribution is 2.51. The van der Waals surface area contributed by atoms with Gasteiger partial charge in [-0.3, -0.25) is 0 Å². The molecule has 3 heteroatoms. The molecule has 0 aromatic carbocycles. The molecule has 0 aromatic rings. The van der Waals surface area contributed by atoms with Gasteiger partial charge in [-0.15, -0.1) is 11.6 Å². The fourth-order valence-corrected chi connectivity index (χ4v) is 1.14. The van der Waals surface area contributed by atoms with E-state index in [2.05, 4.69) is 0 Å². The molecule has 1 rings (SSSR count). The van der Waals surface area contributed by atoms with Crippen LogP contribution in [0.2, 0.25) is 0 Å². The van der Waals surface area contributed by atoms with E-state index in [4.69, 9.17) is 27.9 Å². The summed E-state index contributed by atoms with van der Waals surface area (Å²) in [5.41, 5.74) is -0.212. The maximum atomic E-state index is 5.77. The van der Waals surface area contributed by atoms with Crippen molar-refractivity contribution in [2.45, 2.75) is 24.5 Å². The Labute approximate surface area is 58.9 Å². The summed E-state index contributed by atoms with van der Waals surface area (Å²) in [4.78, 5) is 0. The van der Waals surface area contributed by atoms with Crippen LogP contribution in [0.4, 0.5) is 0 Å². The second-order valence-corrected chi connectivity index (χ2v) is 3.35. The van der Waals surface area contributed by atoms with E-state index >= 15 is 0 Å². The van der Waals surface area contributed by atoms with Crippen molar-refractivity contribution in [2.75, 3.05) is 5.88 Å². The van der Waals surface area contributed by atoms with Crippen molar-refractivity contribution >= 4 is 23.2 Å². The molecule has 0 radical (unpaired) electrons. The largest absolute Gasteiger partial charge is 0.345 e. The maximum Gasteiger partial charge on any atom is 0.184 e. The summed E-state index contributed by atoms with van der Waals surface area (Å²) in [6, 6.07) is 0. The average molecular weight is 155 g/mol. The normalized spacial score (nSPS) is 42.0. The molecule has 0 spiro atoms. The van der Waals surface area contributed by atoms with Crippen molar-refractivity contribution in [1.82, 2.24) is 0 Å². The van der Waals surface area contributed by atoms with Crippen molar-refractivity contribution < 1.29 is 4.74 Å². The lowest BCUT2D eigenvalue weighted by Gasteiger charge is -1.97. The van der Waals surface area contributed by atoms with Crippen molar-refractivity contribution in [3.05, 3.63) is 0 Å². The second kappa shape index (κ2) is 1.53. The zero-order valence-electron chi connectivity index (χ0n) is 4.87. The predicted molar refractivity (Wildman–Crippen MR) is 34.5 cm³/mol. The lowest BCUT2D eigenvalue weighted by Crippen LogP contribution is -2.14. The Kier molecular flexibility index (Phi) is 1.27. The highest BCUT2D eigenvalue weighted by molar-refractivity contribution is 6.32. The molecular weight excluding hydrogens is 147 g/mol. The zero-order chi connectivity index (χ0) is 6.41. The molecule has 1 aliphatic heterocycles. The van der Waals surface area contributed by atoms with Gasteiger partial charge in [0, 0.05) is 0 Å². The monoisotopic (exact) mass is 154 g/mol. The molecular formula is C5H8Cl2O. The second-order valence-electron chi connectivity index (χ2n) is 2.47. The van der Waals surface area contributed by atoms with Crippen LogP contribution in [0.3, 0.4) is 0 Å². The van der Waals surface area contributed by atoms with E-state index in [9.17, 15) is 0 Å². The first-order chi connectivity index (χ1) is 3.52. The molecule has 0 bridgehead atoms. The first-order valence-electron chi connectivity index (χ1n) is 2.47. The minimum absolute atomic E-state index is 0.212. The number of alkyl halides is 2. The van der Waals surface area contributed by atoms with Crippen molar-refractivity contribution in [1.29, 1.82) is 0 Å². The van der Waals surface area contributed by atoms with Crippen LogP contribution in [-0.2, 0) is 4.74 Å². The molecule has 1 fully saturated rings. The summed E-state index contributed by atoms with van der Waals surface area (Å²) < 4.78 is 5.07. The summed E-state index contributed by atoms with van der Waals surface area (Å²) in [6.45, 7) is 3.84. The molecule has 0 aliphatic carbocycles. The van der Waals surface area contributed by atoms with Gasteiger partial charge in [0.05, 0.1) is 5.88 Å². The maximum absolute atomic E-state index is 5.77. The van der Waals surface area contributed by atoms with Crippen LogP contribution in [0.1, 0.15) is 13.8 Å². The molecule has 0 amide bonds. The average Bonchev–Trinajstić information content (AvgIpc) is 2.10. The highest BCUT2D eigenvalue weighted by atomic mass is 35.5. The SMILES string of the molecule is CC1(C)OC1(Cl)CCl. The number of hydrogen-bond acceptors (Lipinski definition) is 1. The third-order valence-corrected chi connectivity index (χ3v) is 2.63. The van der Waals surface area contributed by atoms with Gasteiger partial charge in [0.2, 0.25) is 0 Å². The molecule has 1 aliphatic rings. The zero-order valence-corrected chi connectivity index (χ0v) is 6.38. The molecule has 1 unspecified atom stereocenters. The first-order valence-corrected chi connectivity index (χ1v) is 3.38. The van der Waals surface area contributed by atoms with Gasteiger partial charge in [0.1, 0.15) is 5.60 Å². The fraction of sp³-hybridized carbons (Fsp3) is 1.00. The number of halogens is 2. The summed E-state index contributed by atoms with van der Waals surface area (Å²) in [5, 5.41) is -0.575. The van der Waals surface area contributed by atoms with E-state index in [-0.39, 0.29) is 5.60 Å². The Morgan fingerprint density at radius 3 is 1.88 bits per heavy atom. The van der Waals surface area contributed by atoms with Crippen molar-refractivity contribution in [3.8, 4) is 0 Å². The molecule has 48 valence electrons. The van der Waals surface area contributed by atoms with Crippen LogP contribution in [0, 0.1) is 0 Å². The predicted octanol–water partition coefficient (Wildman–Crippen LogP) is 1.97. The van der Waals surface area contributed by atoms with Crippen molar-refractivity contribution in [3.63, 3.8) is 0 Å². The third-order valence-electron chi connectivity index (χ3n) is 1.45. The van der Waals surface area contributed by atoms with Crippen LogP contribution < -0.4 is 0 Å². The van der Waals surface area contributed by atoms with E-state index < -0.39 is 5.06 Å².